The van der Waals surface area contributed by atoms with E-state index in [1.807, 2.05) is 61.2 Å². The molecule has 0 aliphatic rings. The Morgan fingerprint density at radius 2 is 1.96 bits per heavy atom. The standard InChI is InChI=1S/C21H23N3O2S/c1-4-17-20(18(25)12-15(2)23(17)3)21(26)24(14-19-22-10-11-27-19)13-16-8-6-5-7-9-16/h5-12H,4,13-14H2,1-3H3. The first-order chi connectivity index (χ1) is 13.0. The second kappa shape index (κ2) is 8.31. The third-order valence-electron chi connectivity index (χ3n) is 4.67. The van der Waals surface area contributed by atoms with E-state index in [2.05, 4.69) is 4.98 Å². The highest BCUT2D eigenvalue weighted by Gasteiger charge is 2.24. The number of rotatable bonds is 6. The molecule has 0 unspecified atom stereocenters. The first-order valence-electron chi connectivity index (χ1n) is 8.92. The smallest absolute Gasteiger partial charge is 0.260 e. The number of hydrogen-bond acceptors (Lipinski definition) is 4. The maximum Gasteiger partial charge on any atom is 0.260 e. The van der Waals surface area contributed by atoms with Crippen molar-refractivity contribution in [1.29, 1.82) is 0 Å². The molecule has 0 bridgehead atoms. The van der Waals surface area contributed by atoms with Crippen LogP contribution in [0.4, 0.5) is 0 Å². The van der Waals surface area contributed by atoms with Gasteiger partial charge in [-0.05, 0) is 18.9 Å². The van der Waals surface area contributed by atoms with Gasteiger partial charge in [-0.25, -0.2) is 4.98 Å². The molecule has 2 aromatic heterocycles. The zero-order chi connectivity index (χ0) is 19.4. The molecule has 5 nitrogen and oxygen atoms in total. The predicted molar refractivity (Wildman–Crippen MR) is 108 cm³/mol. The summed E-state index contributed by atoms with van der Waals surface area (Å²) < 4.78 is 1.93. The predicted octanol–water partition coefficient (Wildman–Crippen LogP) is 3.56. The summed E-state index contributed by atoms with van der Waals surface area (Å²) in [4.78, 5) is 32.1. The summed E-state index contributed by atoms with van der Waals surface area (Å²) in [6.07, 6.45) is 2.35. The van der Waals surface area contributed by atoms with E-state index in [1.54, 1.807) is 11.1 Å². The average Bonchev–Trinajstić information content (AvgIpc) is 3.17. The number of pyridine rings is 1. The fraction of sp³-hybridized carbons (Fsp3) is 0.286. The number of thiazole rings is 1. The molecule has 3 aromatic rings. The van der Waals surface area contributed by atoms with Crippen LogP contribution < -0.4 is 5.43 Å². The highest BCUT2D eigenvalue weighted by molar-refractivity contribution is 7.09. The Morgan fingerprint density at radius 3 is 2.59 bits per heavy atom. The number of amides is 1. The number of carbonyl (C=O) groups excluding carboxylic acids is 1. The maximum atomic E-state index is 13.4. The van der Waals surface area contributed by atoms with Crippen LogP contribution in [-0.4, -0.2) is 20.4 Å². The van der Waals surface area contributed by atoms with Crippen LogP contribution in [0.25, 0.3) is 0 Å². The highest BCUT2D eigenvalue weighted by atomic mass is 32.1. The van der Waals surface area contributed by atoms with E-state index >= 15 is 0 Å². The molecule has 27 heavy (non-hydrogen) atoms. The first-order valence-corrected chi connectivity index (χ1v) is 9.80. The van der Waals surface area contributed by atoms with Crippen LogP contribution in [0.1, 0.15) is 39.2 Å². The molecule has 0 radical (unpaired) electrons. The largest absolute Gasteiger partial charge is 0.351 e. The van der Waals surface area contributed by atoms with Crippen LogP contribution in [0.2, 0.25) is 0 Å². The second-order valence-electron chi connectivity index (χ2n) is 6.46. The second-order valence-corrected chi connectivity index (χ2v) is 7.44. The van der Waals surface area contributed by atoms with Crippen molar-refractivity contribution in [2.45, 2.75) is 33.4 Å². The molecule has 1 amide bonds. The van der Waals surface area contributed by atoms with Crippen LogP contribution in [0, 0.1) is 6.92 Å². The van der Waals surface area contributed by atoms with Gasteiger partial charge in [0.2, 0.25) is 0 Å². The van der Waals surface area contributed by atoms with Crippen molar-refractivity contribution in [3.63, 3.8) is 0 Å². The SMILES string of the molecule is CCc1c(C(=O)N(Cc2ccccc2)Cc2nccs2)c(=O)cc(C)n1C. The fourth-order valence-electron chi connectivity index (χ4n) is 3.18. The molecule has 1 aromatic carbocycles. The number of aryl methyl sites for hydroxylation is 1. The van der Waals surface area contributed by atoms with Crippen LogP contribution >= 0.6 is 11.3 Å². The minimum Gasteiger partial charge on any atom is -0.351 e. The summed E-state index contributed by atoms with van der Waals surface area (Å²) in [5.41, 5.74) is 2.68. The van der Waals surface area contributed by atoms with E-state index in [-0.39, 0.29) is 16.9 Å². The lowest BCUT2D eigenvalue weighted by molar-refractivity contribution is 0.0726. The Bertz CT molecular complexity index is 979. The van der Waals surface area contributed by atoms with Crippen LogP contribution in [0.15, 0.2) is 52.8 Å². The summed E-state index contributed by atoms with van der Waals surface area (Å²) in [5.74, 6) is -0.244. The third-order valence-corrected chi connectivity index (χ3v) is 5.44. The number of hydrogen-bond donors (Lipinski definition) is 0. The lowest BCUT2D eigenvalue weighted by Gasteiger charge is -2.24. The van der Waals surface area contributed by atoms with Gasteiger partial charge in [0.25, 0.3) is 5.91 Å². The molecule has 6 heteroatoms. The molecule has 3 rings (SSSR count). The van der Waals surface area contributed by atoms with E-state index in [9.17, 15) is 9.59 Å². The Kier molecular flexibility index (Phi) is 5.86. The van der Waals surface area contributed by atoms with Crippen molar-refractivity contribution >= 4 is 17.2 Å². The number of aromatic nitrogens is 2. The fourth-order valence-corrected chi connectivity index (χ4v) is 3.81. The van der Waals surface area contributed by atoms with Crippen molar-refractivity contribution in [3.8, 4) is 0 Å². The number of carbonyl (C=O) groups is 1. The van der Waals surface area contributed by atoms with Crippen LogP contribution in [0.3, 0.4) is 0 Å². The minimum absolute atomic E-state index is 0.218. The maximum absolute atomic E-state index is 13.4. The topological polar surface area (TPSA) is 55.2 Å². The van der Waals surface area contributed by atoms with Crippen LogP contribution in [-0.2, 0) is 26.6 Å². The summed E-state index contributed by atoms with van der Waals surface area (Å²) >= 11 is 1.51. The van der Waals surface area contributed by atoms with Gasteiger partial charge in [-0.15, -0.1) is 11.3 Å². The van der Waals surface area contributed by atoms with Crippen molar-refractivity contribution < 1.29 is 4.79 Å². The number of benzene rings is 1. The molecule has 0 aliphatic carbocycles. The average molecular weight is 382 g/mol. The molecule has 0 spiro atoms. The van der Waals surface area contributed by atoms with Gasteiger partial charge in [0, 0.05) is 42.6 Å². The quantitative estimate of drug-likeness (QED) is 0.656. The van der Waals surface area contributed by atoms with Crippen LogP contribution in [0.5, 0.6) is 0 Å². The van der Waals surface area contributed by atoms with Crippen molar-refractivity contribution in [2.75, 3.05) is 0 Å². The summed E-state index contributed by atoms with van der Waals surface area (Å²) in [5, 5.41) is 2.74. The molecule has 0 saturated carbocycles. The molecule has 0 saturated heterocycles. The van der Waals surface area contributed by atoms with E-state index in [0.717, 1.165) is 22.0 Å². The molecule has 0 N–H and O–H groups in total. The lowest BCUT2D eigenvalue weighted by Crippen LogP contribution is -2.35. The number of nitrogens with zero attached hydrogens (tertiary/aromatic N) is 3. The van der Waals surface area contributed by atoms with E-state index in [1.165, 1.54) is 17.4 Å². The molecule has 0 atom stereocenters. The zero-order valence-corrected chi connectivity index (χ0v) is 16.6. The lowest BCUT2D eigenvalue weighted by atomic mass is 10.1. The Labute approximate surface area is 162 Å². The molecular formula is C21H23N3O2S. The Morgan fingerprint density at radius 1 is 1.22 bits per heavy atom. The van der Waals surface area contributed by atoms with Crippen molar-refractivity contribution in [1.82, 2.24) is 14.5 Å². The van der Waals surface area contributed by atoms with Gasteiger partial charge >= 0.3 is 0 Å². The van der Waals surface area contributed by atoms with Gasteiger partial charge in [0.15, 0.2) is 5.43 Å². The van der Waals surface area contributed by atoms with Crippen molar-refractivity contribution in [3.05, 3.63) is 85.7 Å². The first kappa shape index (κ1) is 19.0. The van der Waals surface area contributed by atoms with E-state index in [0.29, 0.717) is 19.5 Å². The van der Waals surface area contributed by atoms with Gasteiger partial charge in [-0.1, -0.05) is 37.3 Å². The van der Waals surface area contributed by atoms with Gasteiger partial charge < -0.3 is 9.47 Å². The minimum atomic E-state index is -0.244. The zero-order valence-electron chi connectivity index (χ0n) is 15.8. The van der Waals surface area contributed by atoms with E-state index < -0.39 is 0 Å². The Hall–Kier alpha value is -2.73. The van der Waals surface area contributed by atoms with Crippen molar-refractivity contribution in [2.24, 2.45) is 7.05 Å². The summed E-state index contributed by atoms with van der Waals surface area (Å²) in [6, 6.07) is 11.3. The molecule has 0 aliphatic heterocycles. The molecule has 2 heterocycles. The molecule has 0 fully saturated rings. The Balaban J connectivity index is 2.03. The summed E-state index contributed by atoms with van der Waals surface area (Å²) in [7, 11) is 1.90. The molecule has 140 valence electrons. The molecular weight excluding hydrogens is 358 g/mol. The third kappa shape index (κ3) is 4.17. The monoisotopic (exact) mass is 381 g/mol. The van der Waals surface area contributed by atoms with Gasteiger partial charge in [0.05, 0.1) is 6.54 Å². The van der Waals surface area contributed by atoms with Gasteiger partial charge in [-0.2, -0.15) is 0 Å². The summed E-state index contributed by atoms with van der Waals surface area (Å²) in [6.45, 7) is 4.66. The van der Waals surface area contributed by atoms with Gasteiger partial charge in [-0.3, -0.25) is 9.59 Å². The van der Waals surface area contributed by atoms with E-state index in [4.69, 9.17) is 0 Å². The normalized spacial score (nSPS) is 10.8. The van der Waals surface area contributed by atoms with Gasteiger partial charge in [0.1, 0.15) is 10.6 Å². The highest BCUT2D eigenvalue weighted by Crippen LogP contribution is 2.17.